The summed E-state index contributed by atoms with van der Waals surface area (Å²) in [6.45, 7) is 1.30. The number of benzene rings is 1. The molecule has 1 fully saturated rings. The lowest BCUT2D eigenvalue weighted by Crippen LogP contribution is -2.41. The molecule has 3 rings (SSSR count). The molecule has 2 aromatic rings. The number of aromatic nitrogens is 2. The highest BCUT2D eigenvalue weighted by atomic mass is 19.4. The van der Waals surface area contributed by atoms with Crippen LogP contribution >= 0.6 is 0 Å². The number of rotatable bonds is 2. The fourth-order valence-corrected chi connectivity index (χ4v) is 3.17. The van der Waals surface area contributed by atoms with Crippen LogP contribution in [0.25, 0.3) is 10.9 Å². The Hall–Kier alpha value is -1.89. The van der Waals surface area contributed by atoms with Gasteiger partial charge in [-0.15, -0.1) is 0 Å². The van der Waals surface area contributed by atoms with Gasteiger partial charge in [-0.25, -0.2) is 4.98 Å². The number of fused-ring (bicyclic) bond motifs is 1. The third kappa shape index (κ3) is 3.10. The maximum atomic E-state index is 13.2. The van der Waals surface area contributed by atoms with Crippen LogP contribution < -0.4 is 5.56 Å². The van der Waals surface area contributed by atoms with E-state index in [9.17, 15) is 18.0 Å². The Morgan fingerprint density at radius 3 is 2.78 bits per heavy atom. The predicted octanol–water partition coefficient (Wildman–Crippen LogP) is 2.90. The normalized spacial score (nSPS) is 20.1. The van der Waals surface area contributed by atoms with Gasteiger partial charge in [0.1, 0.15) is 0 Å². The Balaban J connectivity index is 2.06. The van der Waals surface area contributed by atoms with Crippen LogP contribution in [-0.2, 0) is 12.7 Å². The van der Waals surface area contributed by atoms with Crippen molar-refractivity contribution in [3.63, 3.8) is 0 Å². The molecule has 0 saturated carbocycles. The summed E-state index contributed by atoms with van der Waals surface area (Å²) in [5.41, 5.74) is -1.46. The van der Waals surface area contributed by atoms with Gasteiger partial charge in [-0.2, -0.15) is 13.2 Å². The number of hydrogen-bond donors (Lipinski definition) is 0. The van der Waals surface area contributed by atoms with E-state index in [0.29, 0.717) is 6.54 Å². The topological polar surface area (TPSA) is 38.1 Å². The van der Waals surface area contributed by atoms with E-state index in [1.807, 2.05) is 7.05 Å². The Bertz CT molecular complexity index is 769. The van der Waals surface area contributed by atoms with E-state index in [0.717, 1.165) is 31.9 Å². The summed E-state index contributed by atoms with van der Waals surface area (Å²) in [7, 11) is 1.98. The van der Waals surface area contributed by atoms with Crippen molar-refractivity contribution >= 4 is 10.9 Å². The molecule has 1 aromatic carbocycles. The van der Waals surface area contributed by atoms with Gasteiger partial charge in [-0.1, -0.05) is 12.5 Å². The lowest BCUT2D eigenvalue weighted by molar-refractivity contribution is -0.136. The van der Waals surface area contributed by atoms with E-state index in [1.54, 1.807) is 0 Å². The average Bonchev–Trinajstić information content (AvgIpc) is 2.51. The van der Waals surface area contributed by atoms with E-state index in [4.69, 9.17) is 0 Å². The minimum atomic E-state index is -4.57. The van der Waals surface area contributed by atoms with Crippen molar-refractivity contribution in [3.05, 3.63) is 40.4 Å². The van der Waals surface area contributed by atoms with Gasteiger partial charge in [0.25, 0.3) is 5.56 Å². The van der Waals surface area contributed by atoms with Crippen molar-refractivity contribution in [2.75, 3.05) is 13.6 Å². The molecule has 0 N–H and O–H groups in total. The molecule has 23 heavy (non-hydrogen) atoms. The van der Waals surface area contributed by atoms with E-state index in [1.165, 1.54) is 23.0 Å². The van der Waals surface area contributed by atoms with Gasteiger partial charge in [0, 0.05) is 12.6 Å². The van der Waals surface area contributed by atoms with E-state index in [2.05, 4.69) is 9.88 Å². The van der Waals surface area contributed by atoms with Crippen LogP contribution in [0.5, 0.6) is 0 Å². The number of likely N-dealkylation sites (N-methyl/N-ethyl adjacent to an activating group) is 1. The fourth-order valence-electron chi connectivity index (χ4n) is 3.17. The van der Waals surface area contributed by atoms with Crippen molar-refractivity contribution in [1.82, 2.24) is 14.5 Å². The molecule has 124 valence electrons. The molecule has 0 radical (unpaired) electrons. The number of alkyl halides is 3. The number of hydrogen-bond acceptors (Lipinski definition) is 3. The molecule has 1 aromatic heterocycles. The van der Waals surface area contributed by atoms with Gasteiger partial charge >= 0.3 is 6.18 Å². The Morgan fingerprint density at radius 1 is 1.30 bits per heavy atom. The molecule has 0 unspecified atom stereocenters. The summed E-state index contributed by atoms with van der Waals surface area (Å²) in [5.74, 6) is 0. The summed E-state index contributed by atoms with van der Waals surface area (Å²) in [4.78, 5) is 18.8. The molecular weight excluding hydrogens is 307 g/mol. The molecule has 0 bridgehead atoms. The zero-order valence-electron chi connectivity index (χ0n) is 12.8. The minimum Gasteiger partial charge on any atom is -0.302 e. The van der Waals surface area contributed by atoms with Crippen LogP contribution in [-0.4, -0.2) is 34.1 Å². The zero-order valence-corrected chi connectivity index (χ0v) is 12.8. The van der Waals surface area contributed by atoms with E-state index < -0.39 is 17.3 Å². The number of piperidine rings is 1. The lowest BCUT2D eigenvalue weighted by Gasteiger charge is -2.32. The molecule has 0 aliphatic carbocycles. The highest BCUT2D eigenvalue weighted by Gasteiger charge is 2.34. The molecule has 7 heteroatoms. The first-order valence-corrected chi connectivity index (χ1v) is 7.63. The summed E-state index contributed by atoms with van der Waals surface area (Å²) in [6.07, 6.45) is -0.106. The minimum absolute atomic E-state index is 0.0815. The van der Waals surface area contributed by atoms with Crippen LogP contribution in [0.15, 0.2) is 29.3 Å². The summed E-state index contributed by atoms with van der Waals surface area (Å²) < 4.78 is 40.8. The van der Waals surface area contributed by atoms with Gasteiger partial charge < -0.3 is 4.90 Å². The van der Waals surface area contributed by atoms with Crippen LogP contribution in [0.3, 0.4) is 0 Å². The molecule has 1 aliphatic rings. The van der Waals surface area contributed by atoms with E-state index in [-0.39, 0.29) is 16.9 Å². The molecule has 1 saturated heterocycles. The molecule has 1 aliphatic heterocycles. The maximum absolute atomic E-state index is 13.2. The Morgan fingerprint density at radius 2 is 2.09 bits per heavy atom. The molecule has 0 spiro atoms. The monoisotopic (exact) mass is 325 g/mol. The second-order valence-corrected chi connectivity index (χ2v) is 6.03. The quantitative estimate of drug-likeness (QED) is 0.852. The van der Waals surface area contributed by atoms with Gasteiger partial charge in [0.05, 0.1) is 22.8 Å². The number of nitrogens with zero attached hydrogens (tertiary/aromatic N) is 3. The summed E-state index contributed by atoms with van der Waals surface area (Å²) in [6, 6.07) is 3.79. The van der Waals surface area contributed by atoms with Gasteiger partial charge in [0.2, 0.25) is 0 Å². The highest BCUT2D eigenvalue weighted by Crippen LogP contribution is 2.32. The Kier molecular flexibility index (Phi) is 4.14. The first-order valence-electron chi connectivity index (χ1n) is 7.63. The van der Waals surface area contributed by atoms with Crippen LogP contribution in [0, 0.1) is 0 Å². The third-order valence-corrected chi connectivity index (χ3v) is 4.49. The van der Waals surface area contributed by atoms with Crippen LogP contribution in [0.4, 0.5) is 13.2 Å². The second-order valence-electron chi connectivity index (χ2n) is 6.03. The molecule has 4 nitrogen and oxygen atoms in total. The van der Waals surface area contributed by atoms with Crippen LogP contribution in [0.2, 0.25) is 0 Å². The third-order valence-electron chi connectivity index (χ3n) is 4.49. The summed E-state index contributed by atoms with van der Waals surface area (Å²) in [5, 5.41) is -0.346. The smallest absolute Gasteiger partial charge is 0.302 e. The summed E-state index contributed by atoms with van der Waals surface area (Å²) >= 11 is 0. The largest absolute Gasteiger partial charge is 0.417 e. The number of likely N-dealkylation sites (tertiary alicyclic amines) is 1. The molecular formula is C16H18F3N3O. The first-order chi connectivity index (χ1) is 10.9. The van der Waals surface area contributed by atoms with Crippen molar-refractivity contribution in [3.8, 4) is 0 Å². The van der Waals surface area contributed by atoms with Gasteiger partial charge in [-0.05, 0) is 38.6 Å². The van der Waals surface area contributed by atoms with Gasteiger partial charge in [0.15, 0.2) is 0 Å². The molecule has 2 heterocycles. The first kappa shape index (κ1) is 16.0. The molecule has 0 amide bonds. The van der Waals surface area contributed by atoms with Crippen molar-refractivity contribution < 1.29 is 13.2 Å². The average molecular weight is 325 g/mol. The van der Waals surface area contributed by atoms with Crippen molar-refractivity contribution in [2.24, 2.45) is 0 Å². The maximum Gasteiger partial charge on any atom is 0.417 e. The van der Waals surface area contributed by atoms with Gasteiger partial charge in [-0.3, -0.25) is 9.36 Å². The van der Waals surface area contributed by atoms with Crippen molar-refractivity contribution in [2.45, 2.75) is 38.0 Å². The fraction of sp³-hybridized carbons (Fsp3) is 0.500. The zero-order chi connectivity index (χ0) is 16.6. The standard InChI is InChI=1S/C16H18F3N3O/c1-21-8-3-2-5-11(21)9-22-10-20-13-7-4-6-12(16(17,18)19)14(13)15(22)23/h4,6-7,10-11H,2-3,5,8-9H2,1H3/t11-/m0/s1. The van der Waals surface area contributed by atoms with Crippen molar-refractivity contribution in [1.29, 1.82) is 0 Å². The lowest BCUT2D eigenvalue weighted by atomic mass is 10.0. The highest BCUT2D eigenvalue weighted by molar-refractivity contribution is 5.81. The van der Waals surface area contributed by atoms with E-state index >= 15 is 0 Å². The second kappa shape index (κ2) is 5.96. The Labute approximate surface area is 131 Å². The predicted molar refractivity (Wildman–Crippen MR) is 81.3 cm³/mol. The SMILES string of the molecule is CN1CCCC[C@H]1Cn1cnc2cccc(C(F)(F)F)c2c1=O. The van der Waals surface area contributed by atoms with Crippen LogP contribution in [0.1, 0.15) is 24.8 Å². The molecule has 1 atom stereocenters. The number of halogens is 3.